The van der Waals surface area contributed by atoms with Crippen molar-refractivity contribution in [3.63, 3.8) is 0 Å². The molecule has 0 saturated heterocycles. The topological polar surface area (TPSA) is 64.8 Å². The van der Waals surface area contributed by atoms with Crippen molar-refractivity contribution in [3.05, 3.63) is 89.4 Å². The van der Waals surface area contributed by atoms with Crippen LogP contribution in [0.25, 0.3) is 33.1 Å². The molecule has 5 nitrogen and oxygen atoms in total. The van der Waals surface area contributed by atoms with Crippen molar-refractivity contribution in [2.24, 2.45) is 0 Å². The first-order valence-electron chi connectivity index (χ1n) is 11.1. The highest BCUT2D eigenvalue weighted by Crippen LogP contribution is 2.29. The van der Waals surface area contributed by atoms with Crippen LogP contribution in [0.5, 0.6) is 0 Å². The van der Waals surface area contributed by atoms with Crippen LogP contribution < -0.4 is 0 Å². The fourth-order valence-electron chi connectivity index (χ4n) is 4.79. The lowest BCUT2D eigenvalue weighted by molar-refractivity contribution is 0.0746. The smallest absolute Gasteiger partial charge is 0.254 e. The van der Waals surface area contributed by atoms with E-state index >= 15 is 0 Å². The molecule has 1 amide bonds. The van der Waals surface area contributed by atoms with Crippen molar-refractivity contribution < 1.29 is 4.79 Å². The monoisotopic (exact) mass is 420 g/mol. The molecule has 3 heterocycles. The summed E-state index contributed by atoms with van der Waals surface area (Å²) in [7, 11) is 0. The molecule has 0 unspecified atom stereocenters. The number of imidazole rings is 1. The van der Waals surface area contributed by atoms with Gasteiger partial charge in [0.05, 0.1) is 11.0 Å². The number of hydrogen-bond acceptors (Lipinski definition) is 2. The number of aromatic nitrogens is 3. The summed E-state index contributed by atoms with van der Waals surface area (Å²) in [5.41, 5.74) is 8.63. The number of carbonyl (C=O) groups excluding carboxylic acids is 1. The number of rotatable bonds is 2. The third-order valence-corrected chi connectivity index (χ3v) is 6.47. The summed E-state index contributed by atoms with van der Waals surface area (Å²) in [6.07, 6.45) is 3.87. The Morgan fingerprint density at radius 2 is 1.81 bits per heavy atom. The van der Waals surface area contributed by atoms with E-state index in [-0.39, 0.29) is 5.91 Å². The van der Waals surface area contributed by atoms with Gasteiger partial charge in [0, 0.05) is 30.4 Å². The van der Waals surface area contributed by atoms with Crippen molar-refractivity contribution in [2.45, 2.75) is 26.3 Å². The van der Waals surface area contributed by atoms with Gasteiger partial charge in [0.15, 0.2) is 0 Å². The number of aryl methyl sites for hydroxylation is 2. The molecular weight excluding hydrogens is 396 g/mol. The summed E-state index contributed by atoms with van der Waals surface area (Å²) in [6.45, 7) is 3.37. The summed E-state index contributed by atoms with van der Waals surface area (Å²) in [5, 5.41) is 1.12. The van der Waals surface area contributed by atoms with E-state index < -0.39 is 0 Å². The normalized spacial score (nSPS) is 14.0. The summed E-state index contributed by atoms with van der Waals surface area (Å²) in [5.74, 6) is 1.01. The van der Waals surface area contributed by atoms with Crippen molar-refractivity contribution >= 4 is 27.8 Å². The molecule has 5 heteroatoms. The summed E-state index contributed by atoms with van der Waals surface area (Å²) < 4.78 is 0. The molecule has 2 aromatic heterocycles. The van der Waals surface area contributed by atoms with Crippen LogP contribution in [-0.4, -0.2) is 32.3 Å². The predicted octanol–water partition coefficient (Wildman–Crippen LogP) is 5.61. The van der Waals surface area contributed by atoms with E-state index in [1.807, 2.05) is 42.3 Å². The standard InChI is InChI=1S/C27H24N4O/c1-17-29-24-9-8-21(14-26(24)30-17)20-6-4-18-3-2-12-31(16-23(18)13-20)27(32)22-7-5-19-10-11-28-25(19)15-22/h4-11,13-15,28H,2-3,12,16H2,1H3,(H,29,30). The second-order valence-corrected chi connectivity index (χ2v) is 8.65. The van der Waals surface area contributed by atoms with Crippen molar-refractivity contribution in [1.29, 1.82) is 0 Å². The maximum atomic E-state index is 13.3. The predicted molar refractivity (Wildman–Crippen MR) is 128 cm³/mol. The summed E-state index contributed by atoms with van der Waals surface area (Å²) in [6, 6.07) is 20.9. The lowest BCUT2D eigenvalue weighted by Gasteiger charge is -2.21. The second kappa shape index (κ2) is 7.38. The number of H-pyrrole nitrogens is 2. The molecule has 0 radical (unpaired) electrons. The Morgan fingerprint density at radius 1 is 0.938 bits per heavy atom. The van der Waals surface area contributed by atoms with Crippen LogP contribution in [-0.2, 0) is 13.0 Å². The van der Waals surface area contributed by atoms with Crippen LogP contribution in [0.1, 0.15) is 33.7 Å². The van der Waals surface area contributed by atoms with Gasteiger partial charge < -0.3 is 14.9 Å². The molecule has 6 rings (SSSR count). The first-order valence-corrected chi connectivity index (χ1v) is 11.1. The summed E-state index contributed by atoms with van der Waals surface area (Å²) >= 11 is 0. The van der Waals surface area contributed by atoms with Crippen LogP contribution in [0.3, 0.4) is 0 Å². The Hall–Kier alpha value is -3.86. The van der Waals surface area contributed by atoms with E-state index in [1.165, 1.54) is 11.1 Å². The highest BCUT2D eigenvalue weighted by molar-refractivity contribution is 5.98. The molecule has 0 aliphatic carbocycles. The van der Waals surface area contributed by atoms with Gasteiger partial charge in [0.2, 0.25) is 0 Å². The average molecular weight is 421 g/mol. The third-order valence-electron chi connectivity index (χ3n) is 6.47. The SMILES string of the molecule is Cc1nc2cc(-c3ccc4c(c3)CN(C(=O)c3ccc5cc[nH]c5c3)CCC4)ccc2[nH]1. The number of benzene rings is 3. The lowest BCUT2D eigenvalue weighted by atomic mass is 9.97. The van der Waals surface area contributed by atoms with Crippen molar-refractivity contribution in [2.75, 3.05) is 6.54 Å². The summed E-state index contributed by atoms with van der Waals surface area (Å²) in [4.78, 5) is 26.4. The van der Waals surface area contributed by atoms with Gasteiger partial charge in [0.25, 0.3) is 5.91 Å². The van der Waals surface area contributed by atoms with Gasteiger partial charge in [-0.25, -0.2) is 4.98 Å². The zero-order valence-electron chi connectivity index (χ0n) is 18.0. The van der Waals surface area contributed by atoms with Crippen molar-refractivity contribution in [3.8, 4) is 11.1 Å². The van der Waals surface area contributed by atoms with Gasteiger partial charge in [-0.05, 0) is 83.8 Å². The number of nitrogens with zero attached hydrogens (tertiary/aromatic N) is 2. The number of fused-ring (bicyclic) bond motifs is 3. The third kappa shape index (κ3) is 3.26. The minimum Gasteiger partial charge on any atom is -0.361 e. The van der Waals surface area contributed by atoms with E-state index in [0.29, 0.717) is 6.54 Å². The first kappa shape index (κ1) is 18.9. The highest BCUT2D eigenvalue weighted by Gasteiger charge is 2.21. The molecule has 158 valence electrons. The van der Waals surface area contributed by atoms with Gasteiger partial charge in [-0.2, -0.15) is 0 Å². The lowest BCUT2D eigenvalue weighted by Crippen LogP contribution is -2.30. The van der Waals surface area contributed by atoms with Crippen LogP contribution in [0.4, 0.5) is 0 Å². The fraction of sp³-hybridized carbons (Fsp3) is 0.185. The number of carbonyl (C=O) groups is 1. The maximum absolute atomic E-state index is 13.3. The molecule has 2 N–H and O–H groups in total. The van der Waals surface area contributed by atoms with Crippen LogP contribution in [0.2, 0.25) is 0 Å². The quantitative estimate of drug-likeness (QED) is 0.390. The molecule has 0 bridgehead atoms. The average Bonchev–Trinajstić information content (AvgIpc) is 3.36. The van der Waals surface area contributed by atoms with Gasteiger partial charge in [-0.3, -0.25) is 4.79 Å². The van der Waals surface area contributed by atoms with E-state index in [0.717, 1.165) is 63.8 Å². The largest absolute Gasteiger partial charge is 0.361 e. The molecule has 1 aliphatic heterocycles. The van der Waals surface area contributed by atoms with Crippen LogP contribution in [0, 0.1) is 6.92 Å². The van der Waals surface area contributed by atoms with Gasteiger partial charge in [-0.15, -0.1) is 0 Å². The fourth-order valence-corrected chi connectivity index (χ4v) is 4.79. The van der Waals surface area contributed by atoms with Gasteiger partial charge in [0.1, 0.15) is 5.82 Å². The highest BCUT2D eigenvalue weighted by atomic mass is 16.2. The number of nitrogens with one attached hydrogen (secondary N) is 2. The number of aromatic amines is 2. The minimum absolute atomic E-state index is 0.0909. The molecule has 3 aromatic carbocycles. The zero-order valence-corrected chi connectivity index (χ0v) is 18.0. The van der Waals surface area contributed by atoms with Crippen molar-refractivity contribution in [1.82, 2.24) is 19.9 Å². The molecule has 0 spiro atoms. The number of hydrogen-bond donors (Lipinski definition) is 2. The first-order chi connectivity index (χ1) is 15.6. The molecule has 5 aromatic rings. The molecule has 0 saturated carbocycles. The van der Waals surface area contributed by atoms with Gasteiger partial charge >= 0.3 is 0 Å². The van der Waals surface area contributed by atoms with E-state index in [4.69, 9.17) is 0 Å². The Labute approximate surface area is 186 Å². The Bertz CT molecular complexity index is 1480. The molecule has 0 fully saturated rings. The second-order valence-electron chi connectivity index (χ2n) is 8.65. The Kier molecular flexibility index (Phi) is 4.35. The number of amides is 1. The maximum Gasteiger partial charge on any atom is 0.254 e. The molecule has 0 atom stereocenters. The Morgan fingerprint density at radius 3 is 2.75 bits per heavy atom. The Balaban J connectivity index is 1.32. The minimum atomic E-state index is 0.0909. The van der Waals surface area contributed by atoms with Gasteiger partial charge in [-0.1, -0.05) is 24.3 Å². The van der Waals surface area contributed by atoms with E-state index in [9.17, 15) is 4.79 Å². The molecule has 32 heavy (non-hydrogen) atoms. The van der Waals surface area contributed by atoms with Crippen LogP contribution >= 0.6 is 0 Å². The van der Waals surface area contributed by atoms with E-state index in [1.54, 1.807) is 0 Å². The molecular formula is C27H24N4O. The zero-order chi connectivity index (χ0) is 21.7. The molecule has 1 aliphatic rings. The van der Waals surface area contributed by atoms with E-state index in [2.05, 4.69) is 51.4 Å². The van der Waals surface area contributed by atoms with Crippen LogP contribution in [0.15, 0.2) is 66.9 Å².